The summed E-state index contributed by atoms with van der Waals surface area (Å²) in [5.41, 5.74) is 1.60. The fourth-order valence-electron chi connectivity index (χ4n) is 4.68. The Balaban J connectivity index is 1.58. The number of rotatable bonds is 10. The van der Waals surface area contributed by atoms with Gasteiger partial charge in [-0.3, -0.25) is 14.6 Å². The van der Waals surface area contributed by atoms with Gasteiger partial charge >= 0.3 is 5.63 Å². The quantitative estimate of drug-likeness (QED) is 0.252. The Hall–Kier alpha value is -4.46. The summed E-state index contributed by atoms with van der Waals surface area (Å²) in [5.74, 6) is -1.41. The van der Waals surface area contributed by atoms with Crippen LogP contribution in [0.1, 0.15) is 66.7 Å². The molecule has 0 radical (unpaired) electrons. The highest BCUT2D eigenvalue weighted by atomic mass is 16.4. The van der Waals surface area contributed by atoms with Crippen molar-refractivity contribution in [3.8, 4) is 5.75 Å². The van der Waals surface area contributed by atoms with Gasteiger partial charge < -0.3 is 20.2 Å². The van der Waals surface area contributed by atoms with E-state index in [1.165, 1.54) is 0 Å². The molecule has 202 valence electrons. The summed E-state index contributed by atoms with van der Waals surface area (Å²) in [6, 6.07) is 18.4. The average Bonchev–Trinajstić information content (AvgIpc) is 2.96. The number of hydrogen-bond acceptors (Lipinski definition) is 6. The lowest BCUT2D eigenvalue weighted by molar-refractivity contribution is -0.124. The third-order valence-electron chi connectivity index (χ3n) is 7.08. The number of aromatic nitrogens is 1. The number of amides is 2. The minimum Gasteiger partial charge on any atom is -0.507 e. The van der Waals surface area contributed by atoms with E-state index in [4.69, 9.17) is 4.42 Å². The molecule has 2 aromatic carbocycles. The monoisotopic (exact) mass is 527 g/mol. The molecular weight excluding hydrogens is 494 g/mol. The molecule has 0 bridgehead atoms. The molecule has 8 nitrogen and oxygen atoms in total. The van der Waals surface area contributed by atoms with E-state index in [-0.39, 0.29) is 29.7 Å². The molecule has 39 heavy (non-hydrogen) atoms. The molecule has 2 amide bonds. The second-order valence-electron chi connectivity index (χ2n) is 9.61. The van der Waals surface area contributed by atoms with Crippen LogP contribution in [-0.2, 0) is 11.3 Å². The highest BCUT2D eigenvalue weighted by Gasteiger charge is 2.28. The van der Waals surface area contributed by atoms with E-state index in [2.05, 4.69) is 15.6 Å². The first-order valence-electron chi connectivity index (χ1n) is 13.2. The van der Waals surface area contributed by atoms with Crippen LogP contribution < -0.4 is 16.3 Å². The van der Waals surface area contributed by atoms with Crippen LogP contribution >= 0.6 is 0 Å². The van der Waals surface area contributed by atoms with Crippen molar-refractivity contribution in [2.45, 2.75) is 52.1 Å². The average molecular weight is 528 g/mol. The molecule has 0 saturated carbocycles. The van der Waals surface area contributed by atoms with Gasteiger partial charge in [0.1, 0.15) is 17.4 Å². The number of fused-ring (bicyclic) bond motifs is 1. The molecule has 8 heteroatoms. The van der Waals surface area contributed by atoms with Gasteiger partial charge in [-0.15, -0.1) is 0 Å². The lowest BCUT2D eigenvalue weighted by atomic mass is 9.88. The summed E-state index contributed by atoms with van der Waals surface area (Å²) in [6.07, 6.45) is 2.84. The highest BCUT2D eigenvalue weighted by Crippen LogP contribution is 2.36. The molecule has 1 unspecified atom stereocenters. The van der Waals surface area contributed by atoms with Gasteiger partial charge in [0.15, 0.2) is 0 Å². The van der Waals surface area contributed by atoms with Crippen molar-refractivity contribution in [3.05, 3.63) is 106 Å². The molecular formula is C31H33N3O5. The fourth-order valence-corrected chi connectivity index (χ4v) is 4.68. The standard InChI is InChI=1S/C31H33N3O5/c1-4-19(3)27(30(37)33-18-22-13-8-9-16-32-22)34-29(36)21-12-10-11-20(17-21)23(5-2)26-28(35)24-14-6-7-15-25(24)39-31(26)38/h6-17,19,23,27,35H,4-5,18H2,1-3H3,(H,33,37)(H,34,36)/t19-,23?,27-/m0/s1. The topological polar surface area (TPSA) is 122 Å². The summed E-state index contributed by atoms with van der Waals surface area (Å²) < 4.78 is 5.48. The molecule has 2 heterocycles. The Morgan fingerprint density at radius 1 is 1.00 bits per heavy atom. The Bertz CT molecular complexity index is 1520. The number of para-hydroxylation sites is 1. The van der Waals surface area contributed by atoms with Crippen LogP contribution in [0.3, 0.4) is 0 Å². The van der Waals surface area contributed by atoms with Crippen LogP contribution in [0.25, 0.3) is 11.0 Å². The predicted octanol–water partition coefficient (Wildman–Crippen LogP) is 4.90. The fraction of sp³-hybridized carbons (Fsp3) is 0.290. The minimum absolute atomic E-state index is 0.108. The van der Waals surface area contributed by atoms with Crippen molar-refractivity contribution in [2.75, 3.05) is 0 Å². The molecule has 0 spiro atoms. The van der Waals surface area contributed by atoms with Gasteiger partial charge in [0, 0.05) is 17.7 Å². The number of nitrogens with zero attached hydrogens (tertiary/aromatic N) is 1. The first-order chi connectivity index (χ1) is 18.8. The van der Waals surface area contributed by atoms with Crippen LogP contribution in [0.2, 0.25) is 0 Å². The Morgan fingerprint density at radius 2 is 1.77 bits per heavy atom. The van der Waals surface area contributed by atoms with E-state index in [1.54, 1.807) is 54.7 Å². The third-order valence-corrected chi connectivity index (χ3v) is 7.08. The van der Waals surface area contributed by atoms with E-state index < -0.39 is 23.5 Å². The van der Waals surface area contributed by atoms with E-state index in [1.807, 2.05) is 39.0 Å². The van der Waals surface area contributed by atoms with Gasteiger partial charge in [0.05, 0.1) is 23.2 Å². The van der Waals surface area contributed by atoms with Crippen LogP contribution in [-0.4, -0.2) is 27.9 Å². The summed E-state index contributed by atoms with van der Waals surface area (Å²) in [5, 5.41) is 17.2. The second kappa shape index (κ2) is 12.4. The van der Waals surface area contributed by atoms with Crippen LogP contribution in [0, 0.1) is 5.92 Å². The molecule has 0 fully saturated rings. The van der Waals surface area contributed by atoms with Crippen LogP contribution in [0.4, 0.5) is 0 Å². The molecule has 0 saturated heterocycles. The molecule has 2 aromatic heterocycles. The number of aromatic hydroxyl groups is 1. The first-order valence-corrected chi connectivity index (χ1v) is 13.2. The summed E-state index contributed by atoms with van der Waals surface area (Å²) in [4.78, 5) is 43.5. The number of carbonyl (C=O) groups excluding carboxylic acids is 2. The molecule has 4 rings (SSSR count). The van der Waals surface area contributed by atoms with Crippen molar-refractivity contribution in [1.82, 2.24) is 15.6 Å². The second-order valence-corrected chi connectivity index (χ2v) is 9.61. The van der Waals surface area contributed by atoms with E-state index in [0.29, 0.717) is 34.9 Å². The maximum absolute atomic E-state index is 13.3. The lowest BCUT2D eigenvalue weighted by Gasteiger charge is -2.24. The van der Waals surface area contributed by atoms with Crippen molar-refractivity contribution in [2.24, 2.45) is 5.92 Å². The predicted molar refractivity (Wildman–Crippen MR) is 150 cm³/mol. The van der Waals surface area contributed by atoms with Gasteiger partial charge in [-0.05, 0) is 54.3 Å². The number of hydrogen-bond donors (Lipinski definition) is 3. The zero-order chi connectivity index (χ0) is 27.9. The number of nitrogens with one attached hydrogen (secondary N) is 2. The Kier molecular flexibility index (Phi) is 8.76. The zero-order valence-electron chi connectivity index (χ0n) is 22.3. The van der Waals surface area contributed by atoms with Crippen molar-refractivity contribution in [3.63, 3.8) is 0 Å². The smallest absolute Gasteiger partial charge is 0.343 e. The zero-order valence-corrected chi connectivity index (χ0v) is 22.3. The number of carbonyl (C=O) groups is 2. The van der Waals surface area contributed by atoms with E-state index >= 15 is 0 Å². The first kappa shape index (κ1) is 27.6. The van der Waals surface area contributed by atoms with Gasteiger partial charge in [-0.25, -0.2) is 4.79 Å². The third kappa shape index (κ3) is 6.17. The van der Waals surface area contributed by atoms with Gasteiger partial charge in [0.2, 0.25) is 5.91 Å². The maximum atomic E-state index is 13.3. The van der Waals surface area contributed by atoms with Gasteiger partial charge in [0.25, 0.3) is 5.91 Å². The van der Waals surface area contributed by atoms with Crippen molar-refractivity contribution < 1.29 is 19.1 Å². The summed E-state index contributed by atoms with van der Waals surface area (Å²) >= 11 is 0. The number of pyridine rings is 1. The largest absolute Gasteiger partial charge is 0.507 e. The van der Waals surface area contributed by atoms with Crippen molar-refractivity contribution >= 4 is 22.8 Å². The minimum atomic E-state index is -0.742. The number of benzene rings is 2. The van der Waals surface area contributed by atoms with Crippen LogP contribution in [0.15, 0.2) is 82.1 Å². The lowest BCUT2D eigenvalue weighted by Crippen LogP contribution is -2.50. The SMILES string of the molecule is CCC(c1cccc(C(=O)N[C@H](C(=O)NCc2ccccn2)[C@@H](C)CC)c1)c1c(O)c2ccccc2oc1=O. The Labute approximate surface area is 227 Å². The van der Waals surface area contributed by atoms with Gasteiger partial charge in [-0.1, -0.05) is 57.5 Å². The highest BCUT2D eigenvalue weighted by molar-refractivity contribution is 5.97. The van der Waals surface area contributed by atoms with Crippen molar-refractivity contribution in [1.29, 1.82) is 0 Å². The summed E-state index contributed by atoms with van der Waals surface area (Å²) in [6.45, 7) is 6.03. The molecule has 0 aliphatic carbocycles. The van der Waals surface area contributed by atoms with E-state index in [9.17, 15) is 19.5 Å². The normalized spacial score (nSPS) is 13.4. The molecule has 0 aliphatic rings. The molecule has 0 aliphatic heterocycles. The molecule has 3 N–H and O–H groups in total. The Morgan fingerprint density at radius 3 is 2.49 bits per heavy atom. The summed E-state index contributed by atoms with van der Waals surface area (Å²) in [7, 11) is 0. The maximum Gasteiger partial charge on any atom is 0.343 e. The molecule has 3 atom stereocenters. The van der Waals surface area contributed by atoms with Gasteiger partial charge in [-0.2, -0.15) is 0 Å². The molecule has 4 aromatic rings. The van der Waals surface area contributed by atoms with E-state index in [0.717, 1.165) is 5.69 Å². The van der Waals surface area contributed by atoms with Crippen LogP contribution in [0.5, 0.6) is 5.75 Å².